The van der Waals surface area contributed by atoms with E-state index in [9.17, 15) is 9.59 Å². The van der Waals surface area contributed by atoms with Crippen LogP contribution in [0.5, 0.6) is 0 Å². The summed E-state index contributed by atoms with van der Waals surface area (Å²) in [5.74, 6) is -0.364. The van der Waals surface area contributed by atoms with Crippen LogP contribution in [0.2, 0.25) is 0 Å². The first kappa shape index (κ1) is 22.5. The summed E-state index contributed by atoms with van der Waals surface area (Å²) >= 11 is 0. The lowest BCUT2D eigenvalue weighted by atomic mass is 10.1. The summed E-state index contributed by atoms with van der Waals surface area (Å²) in [6.45, 7) is 10.2. The Morgan fingerprint density at radius 1 is 0.966 bits per heavy atom. The molecular formula is C24H33N3O2. The molecule has 156 valence electrons. The maximum absolute atomic E-state index is 12.7. The SMILES string of the molecule is CCCCN(CC)c1ccc(C(=O)N(C)CC(=O)Nc2c(C)cccc2C)cc1. The summed E-state index contributed by atoms with van der Waals surface area (Å²) in [4.78, 5) is 28.9. The second-order valence-corrected chi connectivity index (χ2v) is 7.46. The first-order valence-corrected chi connectivity index (χ1v) is 10.3. The van der Waals surface area contributed by atoms with Crippen molar-refractivity contribution < 1.29 is 9.59 Å². The molecule has 0 spiro atoms. The number of nitrogens with one attached hydrogen (secondary N) is 1. The van der Waals surface area contributed by atoms with Gasteiger partial charge in [0.25, 0.3) is 5.91 Å². The maximum Gasteiger partial charge on any atom is 0.254 e. The van der Waals surface area contributed by atoms with Gasteiger partial charge in [0, 0.05) is 37.1 Å². The molecule has 0 aliphatic carbocycles. The Bertz CT molecular complexity index is 810. The molecule has 1 N–H and O–H groups in total. The van der Waals surface area contributed by atoms with Crippen LogP contribution in [0.4, 0.5) is 11.4 Å². The van der Waals surface area contributed by atoms with Gasteiger partial charge >= 0.3 is 0 Å². The van der Waals surface area contributed by atoms with Gasteiger partial charge in [-0.1, -0.05) is 31.5 Å². The fraction of sp³-hybridized carbons (Fsp3) is 0.417. The largest absolute Gasteiger partial charge is 0.372 e. The Labute approximate surface area is 174 Å². The Balaban J connectivity index is 1.99. The van der Waals surface area contributed by atoms with Crippen LogP contribution in [0.15, 0.2) is 42.5 Å². The van der Waals surface area contributed by atoms with Crippen molar-refractivity contribution >= 4 is 23.2 Å². The van der Waals surface area contributed by atoms with Crippen molar-refractivity contribution in [3.8, 4) is 0 Å². The van der Waals surface area contributed by atoms with Gasteiger partial charge < -0.3 is 15.1 Å². The molecule has 0 atom stereocenters. The number of unbranched alkanes of at least 4 members (excludes halogenated alkanes) is 1. The van der Waals surface area contributed by atoms with Gasteiger partial charge in [0.2, 0.25) is 5.91 Å². The Morgan fingerprint density at radius 2 is 1.59 bits per heavy atom. The van der Waals surface area contributed by atoms with Crippen LogP contribution < -0.4 is 10.2 Å². The summed E-state index contributed by atoms with van der Waals surface area (Å²) in [5, 5.41) is 2.93. The third kappa shape index (κ3) is 6.08. The standard InChI is InChI=1S/C24H33N3O2/c1-6-8-16-27(7-2)21-14-12-20(13-15-21)24(29)26(5)17-22(28)25-23-18(3)10-9-11-19(23)4/h9-15H,6-8,16-17H2,1-5H3,(H,25,28). The predicted molar refractivity (Wildman–Crippen MR) is 121 cm³/mol. The van der Waals surface area contributed by atoms with E-state index in [-0.39, 0.29) is 18.4 Å². The number of carbonyl (C=O) groups is 2. The Morgan fingerprint density at radius 3 is 2.14 bits per heavy atom. The molecule has 2 aromatic rings. The number of nitrogens with zero attached hydrogens (tertiary/aromatic N) is 2. The lowest BCUT2D eigenvalue weighted by Gasteiger charge is -2.23. The number of aryl methyl sites for hydroxylation is 2. The molecule has 5 nitrogen and oxygen atoms in total. The molecule has 0 aliphatic heterocycles. The van der Waals surface area contributed by atoms with E-state index in [2.05, 4.69) is 24.1 Å². The molecule has 2 aromatic carbocycles. The zero-order valence-electron chi connectivity index (χ0n) is 18.3. The van der Waals surface area contributed by atoms with Gasteiger partial charge in [0.05, 0.1) is 6.54 Å². The lowest BCUT2D eigenvalue weighted by molar-refractivity contribution is -0.116. The second kappa shape index (κ2) is 10.6. The van der Waals surface area contributed by atoms with E-state index in [4.69, 9.17) is 0 Å². The number of likely N-dealkylation sites (N-methyl/N-ethyl adjacent to an activating group) is 1. The summed E-state index contributed by atoms with van der Waals surface area (Å²) in [5.41, 5.74) is 4.53. The zero-order valence-corrected chi connectivity index (χ0v) is 18.3. The fourth-order valence-corrected chi connectivity index (χ4v) is 3.33. The number of hydrogen-bond acceptors (Lipinski definition) is 3. The Kier molecular flexibility index (Phi) is 8.25. The van der Waals surface area contributed by atoms with Gasteiger partial charge in [-0.25, -0.2) is 0 Å². The highest BCUT2D eigenvalue weighted by Gasteiger charge is 2.16. The summed E-state index contributed by atoms with van der Waals surface area (Å²) < 4.78 is 0. The molecular weight excluding hydrogens is 362 g/mol. The minimum Gasteiger partial charge on any atom is -0.372 e. The first-order chi connectivity index (χ1) is 13.9. The smallest absolute Gasteiger partial charge is 0.254 e. The van der Waals surface area contributed by atoms with E-state index in [1.807, 2.05) is 56.3 Å². The van der Waals surface area contributed by atoms with Crippen LogP contribution in [0.1, 0.15) is 48.2 Å². The first-order valence-electron chi connectivity index (χ1n) is 10.3. The highest BCUT2D eigenvalue weighted by molar-refractivity contribution is 5.99. The summed E-state index contributed by atoms with van der Waals surface area (Å²) in [7, 11) is 1.65. The molecule has 0 aliphatic rings. The van der Waals surface area contributed by atoms with Crippen LogP contribution in [-0.2, 0) is 4.79 Å². The van der Waals surface area contributed by atoms with Gasteiger partial charge in [-0.05, 0) is 62.6 Å². The van der Waals surface area contributed by atoms with E-state index in [0.717, 1.165) is 48.4 Å². The fourth-order valence-electron chi connectivity index (χ4n) is 3.33. The van der Waals surface area contributed by atoms with Crippen LogP contribution in [0.3, 0.4) is 0 Å². The van der Waals surface area contributed by atoms with Crippen molar-refractivity contribution in [1.82, 2.24) is 4.90 Å². The molecule has 29 heavy (non-hydrogen) atoms. The molecule has 0 unspecified atom stereocenters. The molecule has 0 fully saturated rings. The van der Waals surface area contributed by atoms with Crippen LogP contribution in [0.25, 0.3) is 0 Å². The molecule has 0 heterocycles. The zero-order chi connectivity index (χ0) is 21.4. The minimum atomic E-state index is -0.202. The maximum atomic E-state index is 12.7. The molecule has 0 saturated heterocycles. The molecule has 0 radical (unpaired) electrons. The van der Waals surface area contributed by atoms with Gasteiger partial charge in [-0.2, -0.15) is 0 Å². The van der Waals surface area contributed by atoms with Gasteiger partial charge in [-0.3, -0.25) is 9.59 Å². The van der Waals surface area contributed by atoms with E-state index in [0.29, 0.717) is 5.56 Å². The van der Waals surface area contributed by atoms with Crippen molar-refractivity contribution in [3.63, 3.8) is 0 Å². The van der Waals surface area contributed by atoms with E-state index in [1.165, 1.54) is 4.90 Å². The highest BCUT2D eigenvalue weighted by Crippen LogP contribution is 2.20. The number of carbonyl (C=O) groups excluding carboxylic acids is 2. The molecule has 2 rings (SSSR count). The number of anilines is 2. The molecule has 0 saturated carbocycles. The minimum absolute atomic E-state index is 0.00590. The van der Waals surface area contributed by atoms with Crippen LogP contribution in [0, 0.1) is 13.8 Å². The average molecular weight is 396 g/mol. The topological polar surface area (TPSA) is 52.7 Å². The van der Waals surface area contributed by atoms with E-state index >= 15 is 0 Å². The summed E-state index contributed by atoms with van der Waals surface area (Å²) in [6, 6.07) is 13.5. The number of hydrogen-bond donors (Lipinski definition) is 1. The monoisotopic (exact) mass is 395 g/mol. The van der Waals surface area contributed by atoms with Crippen LogP contribution in [-0.4, -0.2) is 43.4 Å². The molecule has 0 bridgehead atoms. The van der Waals surface area contributed by atoms with Crippen molar-refractivity contribution in [1.29, 1.82) is 0 Å². The number of benzene rings is 2. The van der Waals surface area contributed by atoms with Gasteiger partial charge in [-0.15, -0.1) is 0 Å². The van der Waals surface area contributed by atoms with Crippen LogP contribution >= 0.6 is 0 Å². The number of para-hydroxylation sites is 1. The summed E-state index contributed by atoms with van der Waals surface area (Å²) in [6.07, 6.45) is 2.30. The van der Waals surface area contributed by atoms with Gasteiger partial charge in [0.1, 0.15) is 0 Å². The quantitative estimate of drug-likeness (QED) is 0.673. The van der Waals surface area contributed by atoms with Crippen molar-refractivity contribution in [2.75, 3.05) is 36.9 Å². The second-order valence-electron chi connectivity index (χ2n) is 7.46. The average Bonchev–Trinajstić information content (AvgIpc) is 2.71. The molecule has 5 heteroatoms. The number of amides is 2. The van der Waals surface area contributed by atoms with E-state index in [1.54, 1.807) is 7.05 Å². The van der Waals surface area contributed by atoms with Crippen molar-refractivity contribution in [2.45, 2.75) is 40.5 Å². The third-order valence-electron chi connectivity index (χ3n) is 5.12. The highest BCUT2D eigenvalue weighted by atomic mass is 16.2. The molecule has 0 aromatic heterocycles. The van der Waals surface area contributed by atoms with Gasteiger partial charge in [0.15, 0.2) is 0 Å². The third-order valence-corrected chi connectivity index (χ3v) is 5.12. The van der Waals surface area contributed by atoms with E-state index < -0.39 is 0 Å². The molecule has 2 amide bonds. The predicted octanol–water partition coefficient (Wildman–Crippen LogP) is 4.64. The van der Waals surface area contributed by atoms with Crippen molar-refractivity contribution in [3.05, 3.63) is 59.2 Å². The Hall–Kier alpha value is -2.82. The number of rotatable bonds is 9. The lowest BCUT2D eigenvalue weighted by Crippen LogP contribution is -2.35. The van der Waals surface area contributed by atoms with Crippen molar-refractivity contribution in [2.24, 2.45) is 0 Å². The normalized spacial score (nSPS) is 10.5.